The number of nitrogens with one attached hydrogen (secondary N) is 1. The van der Waals surface area contributed by atoms with Gasteiger partial charge in [-0.3, -0.25) is 14.2 Å². The molecule has 138 valence electrons. The van der Waals surface area contributed by atoms with Gasteiger partial charge in [0.25, 0.3) is 5.56 Å². The van der Waals surface area contributed by atoms with Crippen LogP contribution in [0.4, 0.5) is 11.6 Å². The van der Waals surface area contributed by atoms with E-state index >= 15 is 0 Å². The minimum Gasteiger partial charge on any atom is -0.356 e. The second kappa shape index (κ2) is 7.53. The SMILES string of the molecule is O=C(Cn1cnc2ccccc2c1=O)Nc1cc(N2CCCCC2)ncn1. The first-order chi connectivity index (χ1) is 13.2. The van der Waals surface area contributed by atoms with Crippen LogP contribution in [0, 0.1) is 0 Å². The molecule has 0 atom stereocenters. The van der Waals surface area contributed by atoms with Crippen molar-refractivity contribution in [3.8, 4) is 0 Å². The highest BCUT2D eigenvalue weighted by molar-refractivity contribution is 5.90. The Morgan fingerprint density at radius 1 is 1.07 bits per heavy atom. The smallest absolute Gasteiger partial charge is 0.261 e. The van der Waals surface area contributed by atoms with Crippen molar-refractivity contribution in [1.29, 1.82) is 0 Å². The van der Waals surface area contributed by atoms with Gasteiger partial charge in [-0.05, 0) is 31.4 Å². The van der Waals surface area contributed by atoms with Crippen LogP contribution in [0.2, 0.25) is 0 Å². The first-order valence-electron chi connectivity index (χ1n) is 9.02. The molecule has 0 bridgehead atoms. The van der Waals surface area contributed by atoms with Crippen LogP contribution in [0.25, 0.3) is 10.9 Å². The molecular weight excluding hydrogens is 344 g/mol. The van der Waals surface area contributed by atoms with Crippen molar-refractivity contribution in [2.24, 2.45) is 0 Å². The van der Waals surface area contributed by atoms with Gasteiger partial charge in [0.15, 0.2) is 0 Å². The van der Waals surface area contributed by atoms with E-state index in [1.54, 1.807) is 24.3 Å². The van der Waals surface area contributed by atoms with E-state index < -0.39 is 0 Å². The van der Waals surface area contributed by atoms with E-state index in [0.717, 1.165) is 31.7 Å². The molecule has 1 aliphatic heterocycles. The summed E-state index contributed by atoms with van der Waals surface area (Å²) in [6.07, 6.45) is 6.36. The first kappa shape index (κ1) is 17.1. The third kappa shape index (κ3) is 3.79. The fourth-order valence-corrected chi connectivity index (χ4v) is 3.27. The fraction of sp³-hybridized carbons (Fsp3) is 0.316. The summed E-state index contributed by atoms with van der Waals surface area (Å²) in [6.45, 7) is 1.80. The molecule has 0 radical (unpaired) electrons. The van der Waals surface area contributed by atoms with Crippen molar-refractivity contribution in [2.75, 3.05) is 23.3 Å². The summed E-state index contributed by atoms with van der Waals surface area (Å²) in [5, 5.41) is 3.23. The molecule has 1 saturated heterocycles. The lowest BCUT2D eigenvalue weighted by Crippen LogP contribution is -2.30. The molecule has 1 aliphatic rings. The number of carbonyl (C=O) groups excluding carboxylic acids is 1. The minimum atomic E-state index is -0.336. The van der Waals surface area contributed by atoms with E-state index in [1.807, 2.05) is 6.07 Å². The molecule has 4 rings (SSSR count). The molecule has 1 fully saturated rings. The average Bonchev–Trinajstić information content (AvgIpc) is 2.71. The summed E-state index contributed by atoms with van der Waals surface area (Å²) < 4.78 is 1.30. The molecule has 1 N–H and O–H groups in total. The van der Waals surface area contributed by atoms with E-state index in [9.17, 15) is 9.59 Å². The van der Waals surface area contributed by atoms with Gasteiger partial charge < -0.3 is 10.2 Å². The maximum absolute atomic E-state index is 12.5. The Bertz CT molecular complexity index is 1030. The molecule has 2 aromatic heterocycles. The first-order valence-corrected chi connectivity index (χ1v) is 9.02. The van der Waals surface area contributed by atoms with Crippen molar-refractivity contribution in [2.45, 2.75) is 25.8 Å². The molecule has 1 amide bonds. The number of piperidine rings is 1. The van der Waals surface area contributed by atoms with Gasteiger partial charge in [0.2, 0.25) is 5.91 Å². The second-order valence-electron chi connectivity index (χ2n) is 6.55. The van der Waals surface area contributed by atoms with E-state index in [4.69, 9.17) is 0 Å². The molecule has 3 heterocycles. The van der Waals surface area contributed by atoms with E-state index in [-0.39, 0.29) is 18.0 Å². The zero-order valence-electron chi connectivity index (χ0n) is 14.8. The molecule has 8 heteroatoms. The molecule has 0 spiro atoms. The number of fused-ring (bicyclic) bond motifs is 1. The number of anilines is 2. The largest absolute Gasteiger partial charge is 0.356 e. The van der Waals surface area contributed by atoms with Crippen molar-refractivity contribution < 1.29 is 4.79 Å². The van der Waals surface area contributed by atoms with Crippen LogP contribution in [0.15, 0.2) is 47.8 Å². The second-order valence-corrected chi connectivity index (χ2v) is 6.55. The standard InChI is InChI=1S/C19H20N6O2/c26-18(11-25-13-22-15-7-3-2-6-14(15)19(25)27)23-16-10-17(21-12-20-16)24-8-4-1-5-9-24/h2-3,6-7,10,12-13H,1,4-5,8-9,11H2,(H,20,21,23,26). The van der Waals surface area contributed by atoms with Gasteiger partial charge in [-0.15, -0.1) is 0 Å². The predicted octanol–water partition coefficient (Wildman–Crippen LogP) is 1.82. The maximum atomic E-state index is 12.5. The number of hydrogen-bond donors (Lipinski definition) is 1. The number of rotatable bonds is 4. The van der Waals surface area contributed by atoms with Crippen molar-refractivity contribution >= 4 is 28.4 Å². The van der Waals surface area contributed by atoms with Crippen molar-refractivity contribution in [1.82, 2.24) is 19.5 Å². The third-order valence-corrected chi connectivity index (χ3v) is 4.65. The Hall–Kier alpha value is -3.29. The predicted molar refractivity (Wildman–Crippen MR) is 103 cm³/mol. The molecule has 8 nitrogen and oxygen atoms in total. The lowest BCUT2D eigenvalue weighted by atomic mass is 10.1. The number of nitrogens with zero attached hydrogens (tertiary/aromatic N) is 5. The zero-order chi connectivity index (χ0) is 18.6. The van der Waals surface area contributed by atoms with Gasteiger partial charge in [0.1, 0.15) is 24.5 Å². The van der Waals surface area contributed by atoms with Gasteiger partial charge in [0.05, 0.1) is 17.2 Å². The number of aromatic nitrogens is 4. The van der Waals surface area contributed by atoms with Gasteiger partial charge in [0, 0.05) is 19.2 Å². The molecular formula is C19H20N6O2. The molecule has 1 aromatic carbocycles. The van der Waals surface area contributed by atoms with E-state index in [2.05, 4.69) is 25.2 Å². The summed E-state index contributed by atoms with van der Waals surface area (Å²) in [5.74, 6) is 0.902. The zero-order valence-corrected chi connectivity index (χ0v) is 14.8. The van der Waals surface area contributed by atoms with E-state index in [1.165, 1.54) is 23.6 Å². The van der Waals surface area contributed by atoms with Crippen LogP contribution >= 0.6 is 0 Å². The van der Waals surface area contributed by atoms with E-state index in [0.29, 0.717) is 16.7 Å². The maximum Gasteiger partial charge on any atom is 0.261 e. The lowest BCUT2D eigenvalue weighted by Gasteiger charge is -2.27. The Kier molecular flexibility index (Phi) is 4.78. The molecule has 0 saturated carbocycles. The lowest BCUT2D eigenvalue weighted by molar-refractivity contribution is -0.116. The van der Waals surface area contributed by atoms with Crippen LogP contribution < -0.4 is 15.8 Å². The number of amides is 1. The van der Waals surface area contributed by atoms with Gasteiger partial charge in [-0.25, -0.2) is 15.0 Å². The Labute approximate surface area is 155 Å². The number of para-hydroxylation sites is 1. The summed E-state index contributed by atoms with van der Waals surface area (Å²) >= 11 is 0. The van der Waals surface area contributed by atoms with Crippen LogP contribution in [-0.4, -0.2) is 38.5 Å². The Morgan fingerprint density at radius 2 is 1.89 bits per heavy atom. The summed E-state index contributed by atoms with van der Waals surface area (Å²) in [6, 6.07) is 8.84. The van der Waals surface area contributed by atoms with Crippen molar-refractivity contribution in [3.05, 3.63) is 53.3 Å². The quantitative estimate of drug-likeness (QED) is 0.759. The van der Waals surface area contributed by atoms with Crippen LogP contribution in [0.3, 0.4) is 0 Å². The van der Waals surface area contributed by atoms with Crippen molar-refractivity contribution in [3.63, 3.8) is 0 Å². The topological polar surface area (TPSA) is 93.0 Å². The van der Waals surface area contributed by atoms with Gasteiger partial charge >= 0.3 is 0 Å². The summed E-state index contributed by atoms with van der Waals surface area (Å²) in [5.41, 5.74) is 0.369. The fourth-order valence-electron chi connectivity index (χ4n) is 3.27. The highest BCUT2D eigenvalue weighted by Gasteiger charge is 2.14. The third-order valence-electron chi connectivity index (χ3n) is 4.65. The van der Waals surface area contributed by atoms with Crippen LogP contribution in [0.5, 0.6) is 0 Å². The summed E-state index contributed by atoms with van der Waals surface area (Å²) in [4.78, 5) is 39.7. The number of hydrogen-bond acceptors (Lipinski definition) is 6. The average molecular weight is 364 g/mol. The normalized spacial score (nSPS) is 14.3. The summed E-state index contributed by atoms with van der Waals surface area (Å²) in [7, 11) is 0. The molecule has 0 aliphatic carbocycles. The van der Waals surface area contributed by atoms with Gasteiger partial charge in [-0.2, -0.15) is 0 Å². The van der Waals surface area contributed by atoms with Gasteiger partial charge in [-0.1, -0.05) is 12.1 Å². The molecule has 0 unspecified atom stereocenters. The molecule has 3 aromatic rings. The van der Waals surface area contributed by atoms with Crippen LogP contribution in [0.1, 0.15) is 19.3 Å². The Balaban J connectivity index is 1.48. The monoisotopic (exact) mass is 364 g/mol. The highest BCUT2D eigenvalue weighted by atomic mass is 16.2. The highest BCUT2D eigenvalue weighted by Crippen LogP contribution is 2.19. The Morgan fingerprint density at radius 3 is 2.74 bits per heavy atom. The van der Waals surface area contributed by atoms with Crippen LogP contribution in [-0.2, 0) is 11.3 Å². The molecule has 27 heavy (non-hydrogen) atoms. The number of carbonyl (C=O) groups is 1. The minimum absolute atomic E-state index is 0.125. The number of benzene rings is 1.